The van der Waals surface area contributed by atoms with Crippen molar-refractivity contribution < 1.29 is 0 Å². The third kappa shape index (κ3) is 6.78. The predicted octanol–water partition coefficient (Wildman–Crippen LogP) is 7.76. The molecule has 0 fully saturated rings. The summed E-state index contributed by atoms with van der Waals surface area (Å²) in [5.74, 6) is 0. The van der Waals surface area contributed by atoms with Crippen LogP contribution in [0.5, 0.6) is 0 Å². The van der Waals surface area contributed by atoms with Crippen LogP contribution in [-0.2, 0) is 0 Å². The van der Waals surface area contributed by atoms with Crippen LogP contribution in [0, 0.1) is 27.7 Å². The number of aryl methyl sites for hydroxylation is 4. The highest BCUT2D eigenvalue weighted by Crippen LogP contribution is 2.22. The zero-order chi connectivity index (χ0) is 19.8. The lowest BCUT2D eigenvalue weighted by Crippen LogP contribution is -2.14. The van der Waals surface area contributed by atoms with Crippen molar-refractivity contribution in [1.82, 2.24) is 0 Å². The predicted molar refractivity (Wildman–Crippen MR) is 120 cm³/mol. The highest BCUT2D eigenvalue weighted by Gasteiger charge is 2.10. The fourth-order valence-corrected chi connectivity index (χ4v) is 3.45. The van der Waals surface area contributed by atoms with E-state index in [4.69, 9.17) is 9.98 Å². The van der Waals surface area contributed by atoms with Gasteiger partial charge in [-0.05, 0) is 93.5 Å². The lowest BCUT2D eigenvalue weighted by molar-refractivity contribution is 0.836. The molecule has 2 nitrogen and oxygen atoms in total. The van der Waals surface area contributed by atoms with Crippen LogP contribution < -0.4 is 0 Å². The molecule has 0 unspecified atom stereocenters. The van der Waals surface area contributed by atoms with Gasteiger partial charge in [0, 0.05) is 0 Å². The lowest BCUT2D eigenvalue weighted by Gasteiger charge is -2.11. The van der Waals surface area contributed by atoms with E-state index in [0.29, 0.717) is 0 Å². The van der Waals surface area contributed by atoms with E-state index < -0.39 is 0 Å². The molecule has 2 aromatic rings. The number of unbranched alkanes of at least 4 members (excludes halogenated alkanes) is 1. The maximum absolute atomic E-state index is 5.06. The number of rotatable bonds is 8. The molecule has 0 saturated heterocycles. The minimum atomic E-state index is 0.959. The van der Waals surface area contributed by atoms with Gasteiger partial charge in [0.1, 0.15) is 0 Å². The molecule has 0 radical (unpaired) electrons. The van der Waals surface area contributed by atoms with Gasteiger partial charge in [0.05, 0.1) is 22.8 Å². The Morgan fingerprint density at radius 1 is 0.593 bits per heavy atom. The van der Waals surface area contributed by atoms with Gasteiger partial charge >= 0.3 is 0 Å². The topological polar surface area (TPSA) is 24.7 Å². The molecule has 0 aliphatic carbocycles. The summed E-state index contributed by atoms with van der Waals surface area (Å²) in [7, 11) is 0. The number of benzene rings is 2. The first-order valence-electron chi connectivity index (χ1n) is 10.2. The second-order valence-corrected chi connectivity index (χ2v) is 7.66. The molecule has 27 heavy (non-hydrogen) atoms. The van der Waals surface area contributed by atoms with Crippen molar-refractivity contribution in [3.8, 4) is 0 Å². The highest BCUT2D eigenvalue weighted by atomic mass is 14.8. The van der Waals surface area contributed by atoms with Gasteiger partial charge < -0.3 is 0 Å². The molecule has 0 aliphatic heterocycles. The third-order valence-corrected chi connectivity index (χ3v) is 4.53. The van der Waals surface area contributed by atoms with Gasteiger partial charge in [-0.1, -0.05) is 38.8 Å². The average molecular weight is 363 g/mol. The second kappa shape index (κ2) is 10.2. The molecule has 144 valence electrons. The van der Waals surface area contributed by atoms with Crippen LogP contribution in [0.15, 0.2) is 46.4 Å². The fourth-order valence-electron chi connectivity index (χ4n) is 3.45. The molecule has 2 aromatic carbocycles. The van der Waals surface area contributed by atoms with Crippen LogP contribution in [0.3, 0.4) is 0 Å². The summed E-state index contributed by atoms with van der Waals surface area (Å²) in [4.78, 5) is 10.1. The molecule has 0 aromatic heterocycles. The van der Waals surface area contributed by atoms with Crippen molar-refractivity contribution in [3.63, 3.8) is 0 Å². The SMILES string of the molecule is CCCCC(=Nc1cc(C)cc(C)c1)C(CCC)=Nc1cc(C)cc(C)c1. The first kappa shape index (κ1) is 21.1. The summed E-state index contributed by atoms with van der Waals surface area (Å²) in [5.41, 5.74) is 9.39. The molecule has 0 amide bonds. The Balaban J connectivity index is 2.51. The van der Waals surface area contributed by atoms with Crippen LogP contribution >= 0.6 is 0 Å². The molecule has 0 heterocycles. The summed E-state index contributed by atoms with van der Waals surface area (Å²) in [5, 5.41) is 0. The highest BCUT2D eigenvalue weighted by molar-refractivity contribution is 6.43. The zero-order valence-electron chi connectivity index (χ0n) is 17.9. The van der Waals surface area contributed by atoms with Crippen LogP contribution in [0.25, 0.3) is 0 Å². The number of hydrogen-bond acceptors (Lipinski definition) is 2. The van der Waals surface area contributed by atoms with Crippen molar-refractivity contribution in [2.24, 2.45) is 9.98 Å². The van der Waals surface area contributed by atoms with E-state index in [9.17, 15) is 0 Å². The van der Waals surface area contributed by atoms with E-state index in [1.54, 1.807) is 0 Å². The largest absolute Gasteiger partial charge is 0.252 e. The van der Waals surface area contributed by atoms with Gasteiger partial charge in [-0.2, -0.15) is 0 Å². The summed E-state index contributed by atoms with van der Waals surface area (Å²) < 4.78 is 0. The van der Waals surface area contributed by atoms with Gasteiger partial charge in [0.2, 0.25) is 0 Å². The quantitative estimate of drug-likeness (QED) is 0.429. The van der Waals surface area contributed by atoms with Gasteiger partial charge in [-0.25, -0.2) is 0 Å². The Kier molecular flexibility index (Phi) is 7.97. The zero-order valence-corrected chi connectivity index (χ0v) is 17.9. The number of aliphatic imine (C=N–C) groups is 2. The standard InChI is InChI=1S/C25H34N2/c1-7-9-11-25(27-23-16-20(5)13-21(6)17-23)24(10-8-2)26-22-14-18(3)12-19(4)15-22/h12-17H,7-11H2,1-6H3. The molecule has 0 atom stereocenters. The van der Waals surface area contributed by atoms with Crippen molar-refractivity contribution in [2.75, 3.05) is 0 Å². The van der Waals surface area contributed by atoms with Crippen LogP contribution in [0.1, 0.15) is 68.2 Å². The molecule has 0 saturated carbocycles. The summed E-state index contributed by atoms with van der Waals surface area (Å²) >= 11 is 0. The lowest BCUT2D eigenvalue weighted by atomic mass is 10.0. The molecule has 2 rings (SSSR count). The second-order valence-electron chi connectivity index (χ2n) is 7.66. The summed E-state index contributed by atoms with van der Waals surface area (Å²) in [6.45, 7) is 13.0. The molecular weight excluding hydrogens is 328 g/mol. The van der Waals surface area contributed by atoms with Crippen molar-refractivity contribution >= 4 is 22.8 Å². The molecule has 2 heteroatoms. The maximum Gasteiger partial charge on any atom is 0.0639 e. The Bertz CT molecular complexity index is 788. The number of hydrogen-bond donors (Lipinski definition) is 0. The van der Waals surface area contributed by atoms with E-state index in [0.717, 1.165) is 54.9 Å². The third-order valence-electron chi connectivity index (χ3n) is 4.53. The van der Waals surface area contributed by atoms with E-state index in [-0.39, 0.29) is 0 Å². The van der Waals surface area contributed by atoms with Gasteiger partial charge in [-0.15, -0.1) is 0 Å². The minimum Gasteiger partial charge on any atom is -0.252 e. The Labute approximate surface area is 165 Å². The van der Waals surface area contributed by atoms with E-state index in [1.165, 1.54) is 22.3 Å². The van der Waals surface area contributed by atoms with Crippen LogP contribution in [0.2, 0.25) is 0 Å². The summed E-state index contributed by atoms with van der Waals surface area (Å²) in [6, 6.07) is 13.0. The molecule has 0 spiro atoms. The average Bonchev–Trinajstić information content (AvgIpc) is 2.56. The number of nitrogens with zero attached hydrogens (tertiary/aromatic N) is 2. The minimum absolute atomic E-state index is 0.959. The summed E-state index contributed by atoms with van der Waals surface area (Å²) in [6.07, 6.45) is 5.31. The molecular formula is C25H34N2. The van der Waals surface area contributed by atoms with Crippen molar-refractivity contribution in [3.05, 3.63) is 58.7 Å². The monoisotopic (exact) mass is 362 g/mol. The smallest absolute Gasteiger partial charge is 0.0639 e. The van der Waals surface area contributed by atoms with E-state index in [2.05, 4.69) is 77.9 Å². The van der Waals surface area contributed by atoms with Crippen LogP contribution in [-0.4, -0.2) is 11.4 Å². The molecule has 0 bridgehead atoms. The normalized spacial score (nSPS) is 12.5. The first-order valence-corrected chi connectivity index (χ1v) is 10.2. The van der Waals surface area contributed by atoms with Crippen LogP contribution in [0.4, 0.5) is 11.4 Å². The maximum atomic E-state index is 5.06. The Morgan fingerprint density at radius 3 is 1.37 bits per heavy atom. The van der Waals surface area contributed by atoms with Gasteiger partial charge in [-0.3, -0.25) is 9.98 Å². The fraction of sp³-hybridized carbons (Fsp3) is 0.440. The molecule has 0 N–H and O–H groups in total. The van der Waals surface area contributed by atoms with Crippen molar-refractivity contribution in [2.45, 2.75) is 73.6 Å². The van der Waals surface area contributed by atoms with Gasteiger partial charge in [0.15, 0.2) is 0 Å². The van der Waals surface area contributed by atoms with Crippen molar-refractivity contribution in [1.29, 1.82) is 0 Å². The molecule has 0 aliphatic rings. The Morgan fingerprint density at radius 2 is 1.00 bits per heavy atom. The van der Waals surface area contributed by atoms with Gasteiger partial charge in [0.25, 0.3) is 0 Å². The first-order chi connectivity index (χ1) is 12.9. The van der Waals surface area contributed by atoms with E-state index in [1.807, 2.05) is 0 Å². The van der Waals surface area contributed by atoms with E-state index >= 15 is 0 Å². The Hall–Kier alpha value is -2.22.